The second-order valence-electron chi connectivity index (χ2n) is 7.20. The Balaban J connectivity index is 1.56. The highest BCUT2D eigenvalue weighted by molar-refractivity contribution is 5.97. The number of carbonyl (C=O) groups is 1. The molecule has 0 bridgehead atoms. The minimum Gasteiger partial charge on any atom is -0.496 e. The van der Waals surface area contributed by atoms with E-state index in [-0.39, 0.29) is 28.6 Å². The van der Waals surface area contributed by atoms with Crippen molar-refractivity contribution in [2.24, 2.45) is 0 Å². The highest BCUT2D eigenvalue weighted by Gasteiger charge is 2.44. The Kier molecular flexibility index (Phi) is 4.13. The van der Waals surface area contributed by atoms with E-state index in [9.17, 15) is 14.0 Å². The number of aromatic amines is 1. The van der Waals surface area contributed by atoms with E-state index in [1.165, 1.54) is 25.3 Å². The molecule has 2 heterocycles. The smallest absolute Gasteiger partial charge is 0.257 e. The van der Waals surface area contributed by atoms with Crippen molar-refractivity contribution in [3.8, 4) is 5.75 Å². The molecule has 1 aliphatic heterocycles. The molecule has 7 nitrogen and oxygen atoms in total. The molecule has 1 aliphatic carbocycles. The van der Waals surface area contributed by atoms with Crippen molar-refractivity contribution in [1.82, 2.24) is 14.9 Å². The first-order valence-corrected chi connectivity index (χ1v) is 8.95. The van der Waals surface area contributed by atoms with E-state index in [1.807, 2.05) is 0 Å². The Labute approximate surface area is 155 Å². The number of piperidine rings is 1. The zero-order valence-corrected chi connectivity index (χ0v) is 15.0. The molecule has 2 aromatic rings. The van der Waals surface area contributed by atoms with Crippen LogP contribution in [-0.4, -0.2) is 41.0 Å². The SMILES string of the molecule is COc1cc(F)ccc1C(=O)N1CCC2(CCc3c2nc(N)[nH]c3=O)CC1. The quantitative estimate of drug-likeness (QED) is 0.834. The van der Waals surface area contributed by atoms with Crippen LogP contribution >= 0.6 is 0 Å². The Hall–Kier alpha value is -2.90. The second-order valence-corrected chi connectivity index (χ2v) is 7.20. The fourth-order valence-corrected chi connectivity index (χ4v) is 4.31. The predicted octanol–water partition coefficient (Wildman–Crippen LogP) is 1.62. The molecule has 3 N–H and O–H groups in total. The number of hydrogen-bond donors (Lipinski definition) is 2. The number of aromatic nitrogens is 2. The van der Waals surface area contributed by atoms with Gasteiger partial charge in [-0.25, -0.2) is 9.37 Å². The average Bonchev–Trinajstić information content (AvgIpc) is 3.00. The molecule has 1 aromatic heterocycles. The summed E-state index contributed by atoms with van der Waals surface area (Å²) in [6.45, 7) is 1.07. The van der Waals surface area contributed by atoms with Crippen molar-refractivity contribution < 1.29 is 13.9 Å². The van der Waals surface area contributed by atoms with Crippen LogP contribution in [0.25, 0.3) is 0 Å². The lowest BCUT2D eigenvalue weighted by molar-refractivity contribution is 0.0660. The van der Waals surface area contributed by atoms with E-state index < -0.39 is 5.82 Å². The fourth-order valence-electron chi connectivity index (χ4n) is 4.31. The number of anilines is 1. The molecule has 142 valence electrons. The Morgan fingerprint density at radius 2 is 2.07 bits per heavy atom. The van der Waals surface area contributed by atoms with Crippen LogP contribution in [-0.2, 0) is 11.8 Å². The van der Waals surface area contributed by atoms with E-state index in [1.54, 1.807) is 4.90 Å². The average molecular weight is 372 g/mol. The topological polar surface area (TPSA) is 101 Å². The van der Waals surface area contributed by atoms with Gasteiger partial charge >= 0.3 is 0 Å². The summed E-state index contributed by atoms with van der Waals surface area (Å²) < 4.78 is 18.6. The van der Waals surface area contributed by atoms with E-state index in [0.29, 0.717) is 43.5 Å². The third kappa shape index (κ3) is 2.85. The lowest BCUT2D eigenvalue weighted by atomic mass is 9.76. The standard InChI is InChI=1S/C19H21FN4O3/c1-27-14-10-11(20)2-3-12(14)17(26)24-8-6-19(7-9-24)5-4-13-15(19)22-18(21)23-16(13)25/h2-3,10H,4-9H2,1H3,(H3,21,22,23,25). The first-order valence-electron chi connectivity index (χ1n) is 8.95. The van der Waals surface area contributed by atoms with Gasteiger partial charge in [0, 0.05) is 30.1 Å². The third-order valence-electron chi connectivity index (χ3n) is 5.79. The predicted molar refractivity (Wildman–Crippen MR) is 97.4 cm³/mol. The summed E-state index contributed by atoms with van der Waals surface area (Å²) in [5.41, 5.74) is 7.22. The van der Waals surface area contributed by atoms with Gasteiger partial charge in [-0.3, -0.25) is 14.6 Å². The number of fused-ring (bicyclic) bond motifs is 2. The maximum atomic E-state index is 13.4. The number of methoxy groups -OCH3 is 1. The molecule has 0 radical (unpaired) electrons. The largest absolute Gasteiger partial charge is 0.496 e. The molecule has 1 aromatic carbocycles. The number of amides is 1. The zero-order chi connectivity index (χ0) is 19.2. The molecule has 4 rings (SSSR count). The lowest BCUT2D eigenvalue weighted by Crippen LogP contribution is -2.45. The van der Waals surface area contributed by atoms with Crippen LogP contribution in [0, 0.1) is 5.82 Å². The number of H-pyrrole nitrogens is 1. The summed E-state index contributed by atoms with van der Waals surface area (Å²) in [7, 11) is 1.42. The first kappa shape index (κ1) is 17.5. The van der Waals surface area contributed by atoms with E-state index in [0.717, 1.165) is 12.1 Å². The van der Waals surface area contributed by atoms with Crippen LogP contribution in [0.2, 0.25) is 0 Å². The monoisotopic (exact) mass is 372 g/mol. The van der Waals surface area contributed by atoms with Crippen molar-refractivity contribution in [2.75, 3.05) is 25.9 Å². The van der Waals surface area contributed by atoms with Crippen LogP contribution in [0.1, 0.15) is 40.9 Å². The number of ether oxygens (including phenoxy) is 1. The molecular formula is C19H21FN4O3. The van der Waals surface area contributed by atoms with Gasteiger partial charge in [-0.2, -0.15) is 0 Å². The highest BCUT2D eigenvalue weighted by atomic mass is 19.1. The number of nitrogen functional groups attached to an aromatic ring is 1. The number of likely N-dealkylation sites (tertiary alicyclic amines) is 1. The van der Waals surface area contributed by atoms with Crippen molar-refractivity contribution in [3.63, 3.8) is 0 Å². The Morgan fingerprint density at radius 3 is 2.78 bits per heavy atom. The molecule has 1 saturated heterocycles. The molecule has 2 aliphatic rings. The summed E-state index contributed by atoms with van der Waals surface area (Å²) in [5, 5.41) is 0. The molecule has 1 spiro atoms. The summed E-state index contributed by atoms with van der Waals surface area (Å²) in [6.07, 6.45) is 2.94. The van der Waals surface area contributed by atoms with Crippen LogP contribution in [0.4, 0.5) is 10.3 Å². The van der Waals surface area contributed by atoms with Crippen LogP contribution in [0.3, 0.4) is 0 Å². The summed E-state index contributed by atoms with van der Waals surface area (Å²) in [6, 6.07) is 3.92. The van der Waals surface area contributed by atoms with Crippen molar-refractivity contribution in [2.45, 2.75) is 31.1 Å². The molecule has 27 heavy (non-hydrogen) atoms. The van der Waals surface area contributed by atoms with Gasteiger partial charge in [0.25, 0.3) is 11.5 Å². The second kappa shape index (κ2) is 6.37. The summed E-state index contributed by atoms with van der Waals surface area (Å²) in [5.74, 6) is -0.266. The van der Waals surface area contributed by atoms with Gasteiger partial charge in [0.2, 0.25) is 5.95 Å². The number of carbonyl (C=O) groups excluding carboxylic acids is 1. The molecule has 1 amide bonds. The van der Waals surface area contributed by atoms with Gasteiger partial charge < -0.3 is 15.4 Å². The Morgan fingerprint density at radius 1 is 1.33 bits per heavy atom. The number of hydrogen-bond acceptors (Lipinski definition) is 5. The maximum Gasteiger partial charge on any atom is 0.257 e. The van der Waals surface area contributed by atoms with Gasteiger partial charge in [0.05, 0.1) is 18.4 Å². The van der Waals surface area contributed by atoms with E-state index in [4.69, 9.17) is 10.5 Å². The minimum atomic E-state index is -0.447. The summed E-state index contributed by atoms with van der Waals surface area (Å²) >= 11 is 0. The van der Waals surface area contributed by atoms with Crippen LogP contribution < -0.4 is 16.0 Å². The van der Waals surface area contributed by atoms with Gasteiger partial charge in [-0.05, 0) is 37.8 Å². The third-order valence-corrected chi connectivity index (χ3v) is 5.79. The fraction of sp³-hybridized carbons (Fsp3) is 0.421. The Bertz CT molecular complexity index is 964. The lowest BCUT2D eigenvalue weighted by Gasteiger charge is -2.39. The normalized spacial score (nSPS) is 17.8. The van der Waals surface area contributed by atoms with E-state index >= 15 is 0 Å². The zero-order valence-electron chi connectivity index (χ0n) is 15.0. The molecule has 8 heteroatoms. The number of nitrogens with two attached hydrogens (primary N) is 1. The van der Waals surface area contributed by atoms with Gasteiger partial charge in [-0.15, -0.1) is 0 Å². The molecule has 0 unspecified atom stereocenters. The van der Waals surface area contributed by atoms with Crippen molar-refractivity contribution in [1.29, 1.82) is 0 Å². The first-order chi connectivity index (χ1) is 12.9. The van der Waals surface area contributed by atoms with Gasteiger partial charge in [0.15, 0.2) is 0 Å². The number of nitrogens with zero attached hydrogens (tertiary/aromatic N) is 2. The van der Waals surface area contributed by atoms with Gasteiger partial charge in [0.1, 0.15) is 11.6 Å². The highest BCUT2D eigenvalue weighted by Crippen LogP contribution is 2.44. The number of nitrogens with one attached hydrogen (secondary N) is 1. The van der Waals surface area contributed by atoms with Crippen LogP contribution in [0.5, 0.6) is 5.75 Å². The maximum absolute atomic E-state index is 13.4. The number of rotatable bonds is 2. The van der Waals surface area contributed by atoms with E-state index in [2.05, 4.69) is 9.97 Å². The minimum absolute atomic E-state index is 0.134. The number of benzene rings is 1. The molecular weight excluding hydrogens is 351 g/mol. The summed E-state index contributed by atoms with van der Waals surface area (Å²) in [4.78, 5) is 33.7. The van der Waals surface area contributed by atoms with Crippen molar-refractivity contribution >= 4 is 11.9 Å². The molecule has 1 fully saturated rings. The molecule has 0 atom stereocenters. The number of halogens is 1. The van der Waals surface area contributed by atoms with Crippen molar-refractivity contribution in [3.05, 3.63) is 51.2 Å². The van der Waals surface area contributed by atoms with Crippen LogP contribution in [0.15, 0.2) is 23.0 Å². The van der Waals surface area contributed by atoms with Gasteiger partial charge in [-0.1, -0.05) is 0 Å². The molecule has 0 saturated carbocycles.